The predicted molar refractivity (Wildman–Crippen MR) is 96.7 cm³/mol. The van der Waals surface area contributed by atoms with Crippen LogP contribution in [0, 0.1) is 0 Å². The molecular weight excluding hydrogens is 373 g/mol. The Hall–Kier alpha value is -1.83. The number of halogens is 2. The fraction of sp³-hybridized carbons (Fsp3) is 0.267. The quantitative estimate of drug-likeness (QED) is 0.441. The van der Waals surface area contributed by atoms with Crippen molar-refractivity contribution in [2.24, 2.45) is 5.10 Å². The largest absolute Gasteiger partial charge is 0.491 e. The molecule has 1 aromatic carbocycles. The average Bonchev–Trinajstić information content (AvgIpc) is 2.98. The molecule has 9 heteroatoms. The average molecular weight is 388 g/mol. The van der Waals surface area contributed by atoms with Gasteiger partial charge in [-0.15, -0.1) is 11.3 Å². The number of nitrogens with one attached hydrogen (secondary N) is 1. The topological polar surface area (TPSA) is 72.8 Å². The maximum absolute atomic E-state index is 11.2. The van der Waals surface area contributed by atoms with Crippen LogP contribution in [0.5, 0.6) is 5.75 Å². The normalized spacial score (nSPS) is 10.8. The molecule has 2 aromatic rings. The molecule has 0 bridgehead atoms. The molecule has 1 aromatic heterocycles. The Morgan fingerprint density at radius 2 is 2.12 bits per heavy atom. The van der Waals surface area contributed by atoms with Gasteiger partial charge in [0.15, 0.2) is 5.75 Å². The molecular formula is C15H15Cl2N3O3S. The van der Waals surface area contributed by atoms with E-state index in [0.29, 0.717) is 38.8 Å². The highest BCUT2D eigenvalue weighted by atomic mass is 35.5. The third-order valence-electron chi connectivity index (χ3n) is 2.79. The van der Waals surface area contributed by atoms with Gasteiger partial charge in [0, 0.05) is 5.38 Å². The van der Waals surface area contributed by atoms with Gasteiger partial charge in [0.25, 0.3) is 0 Å². The third-order valence-corrected chi connectivity index (χ3v) is 4.15. The number of carbonyl (C=O) groups excluding carboxylic acids is 1. The first-order valence-corrected chi connectivity index (χ1v) is 8.59. The van der Waals surface area contributed by atoms with Crippen LogP contribution in [0.3, 0.4) is 0 Å². The van der Waals surface area contributed by atoms with Gasteiger partial charge in [0.05, 0.1) is 42.1 Å². The van der Waals surface area contributed by atoms with E-state index in [1.165, 1.54) is 18.4 Å². The number of esters is 1. The summed E-state index contributed by atoms with van der Waals surface area (Å²) >= 11 is 13.6. The number of methoxy groups -OCH3 is 1. The van der Waals surface area contributed by atoms with Gasteiger partial charge in [0.1, 0.15) is 0 Å². The first kappa shape index (κ1) is 18.5. The zero-order valence-corrected chi connectivity index (χ0v) is 15.3. The second-order valence-electron chi connectivity index (χ2n) is 4.51. The number of hydrazone groups is 1. The minimum atomic E-state index is -0.339. The zero-order chi connectivity index (χ0) is 17.5. The molecule has 0 radical (unpaired) electrons. The Balaban J connectivity index is 2.00. The molecule has 0 atom stereocenters. The van der Waals surface area contributed by atoms with Gasteiger partial charge >= 0.3 is 5.97 Å². The molecule has 0 fully saturated rings. The number of nitrogens with zero attached hydrogens (tertiary/aromatic N) is 2. The Morgan fingerprint density at radius 3 is 2.75 bits per heavy atom. The zero-order valence-electron chi connectivity index (χ0n) is 13.0. The van der Waals surface area contributed by atoms with Crippen molar-refractivity contribution in [2.45, 2.75) is 13.3 Å². The van der Waals surface area contributed by atoms with Crippen molar-refractivity contribution in [1.82, 2.24) is 4.98 Å². The number of hydrogen-bond donors (Lipinski definition) is 1. The number of thiazole rings is 1. The molecule has 1 N–H and O–H groups in total. The summed E-state index contributed by atoms with van der Waals surface area (Å²) in [4.78, 5) is 15.4. The van der Waals surface area contributed by atoms with Gasteiger partial charge in [-0.25, -0.2) is 4.98 Å². The Morgan fingerprint density at radius 1 is 1.42 bits per heavy atom. The molecule has 24 heavy (non-hydrogen) atoms. The Labute approximate surface area is 153 Å². The van der Waals surface area contributed by atoms with Crippen molar-refractivity contribution >= 4 is 51.9 Å². The van der Waals surface area contributed by atoms with Crippen LogP contribution in [-0.4, -0.2) is 30.9 Å². The van der Waals surface area contributed by atoms with Crippen molar-refractivity contribution < 1.29 is 14.3 Å². The lowest BCUT2D eigenvalue weighted by Crippen LogP contribution is -2.04. The van der Waals surface area contributed by atoms with Crippen LogP contribution < -0.4 is 10.2 Å². The maximum atomic E-state index is 11.2. The second kappa shape index (κ2) is 8.86. The lowest BCUT2D eigenvalue weighted by molar-refractivity contribution is -0.139. The molecule has 0 aliphatic rings. The van der Waals surface area contributed by atoms with Crippen LogP contribution in [0.4, 0.5) is 5.13 Å². The van der Waals surface area contributed by atoms with E-state index < -0.39 is 0 Å². The summed E-state index contributed by atoms with van der Waals surface area (Å²) < 4.78 is 9.96. The van der Waals surface area contributed by atoms with Crippen molar-refractivity contribution in [3.05, 3.63) is 38.8 Å². The summed E-state index contributed by atoms with van der Waals surface area (Å²) in [7, 11) is 1.34. The van der Waals surface area contributed by atoms with Crippen molar-refractivity contribution in [3.63, 3.8) is 0 Å². The minimum Gasteiger partial charge on any atom is -0.491 e. The van der Waals surface area contributed by atoms with E-state index in [2.05, 4.69) is 20.2 Å². The molecule has 6 nitrogen and oxygen atoms in total. The maximum Gasteiger partial charge on any atom is 0.311 e. The third kappa shape index (κ3) is 5.09. The highest BCUT2D eigenvalue weighted by molar-refractivity contribution is 7.13. The summed E-state index contributed by atoms with van der Waals surface area (Å²) in [5.41, 5.74) is 4.13. The summed E-state index contributed by atoms with van der Waals surface area (Å²) in [6.07, 6.45) is 1.69. The minimum absolute atomic E-state index is 0.127. The summed E-state index contributed by atoms with van der Waals surface area (Å²) in [6.45, 7) is 2.33. The fourth-order valence-electron chi connectivity index (χ4n) is 1.76. The van der Waals surface area contributed by atoms with Crippen LogP contribution in [0.25, 0.3) is 0 Å². The van der Waals surface area contributed by atoms with Crippen molar-refractivity contribution in [2.75, 3.05) is 19.1 Å². The van der Waals surface area contributed by atoms with E-state index in [0.717, 1.165) is 0 Å². The Kier molecular flexibility index (Phi) is 6.84. The van der Waals surface area contributed by atoms with Crippen LogP contribution in [0.2, 0.25) is 10.0 Å². The Bertz CT molecular complexity index is 726. The molecule has 0 saturated heterocycles. The van der Waals surface area contributed by atoms with Gasteiger partial charge < -0.3 is 9.47 Å². The van der Waals surface area contributed by atoms with Crippen molar-refractivity contribution in [1.29, 1.82) is 0 Å². The van der Waals surface area contributed by atoms with Gasteiger partial charge in [0.2, 0.25) is 5.13 Å². The first-order chi connectivity index (χ1) is 11.5. The molecule has 0 aliphatic heterocycles. The number of benzene rings is 1. The molecule has 0 spiro atoms. The highest BCUT2D eigenvalue weighted by Gasteiger charge is 2.09. The van der Waals surface area contributed by atoms with Crippen molar-refractivity contribution in [3.8, 4) is 5.75 Å². The van der Waals surface area contributed by atoms with Crippen LogP contribution in [0.1, 0.15) is 18.2 Å². The number of rotatable bonds is 7. The number of carbonyl (C=O) groups is 1. The number of anilines is 1. The molecule has 0 saturated carbocycles. The smallest absolute Gasteiger partial charge is 0.311 e. The predicted octanol–water partition coefficient (Wildman–Crippen LogP) is 4.01. The van der Waals surface area contributed by atoms with E-state index in [4.69, 9.17) is 27.9 Å². The molecule has 128 valence electrons. The van der Waals surface area contributed by atoms with Crippen LogP contribution in [-0.2, 0) is 16.0 Å². The fourth-order valence-corrected chi connectivity index (χ4v) is 3.03. The van der Waals surface area contributed by atoms with Gasteiger partial charge in [-0.3, -0.25) is 10.2 Å². The molecule has 1 heterocycles. The number of hydrogen-bond acceptors (Lipinski definition) is 7. The van der Waals surface area contributed by atoms with Gasteiger partial charge in [-0.2, -0.15) is 5.10 Å². The molecule has 0 amide bonds. The van der Waals surface area contributed by atoms with Gasteiger partial charge in [-0.05, 0) is 24.6 Å². The van der Waals surface area contributed by atoms with E-state index in [-0.39, 0.29) is 12.4 Å². The number of ether oxygens (including phenoxy) is 2. The summed E-state index contributed by atoms with van der Waals surface area (Å²) in [5, 5.41) is 7.24. The lowest BCUT2D eigenvalue weighted by Gasteiger charge is -2.08. The summed E-state index contributed by atoms with van der Waals surface area (Å²) in [6, 6.07) is 3.41. The van der Waals surface area contributed by atoms with E-state index >= 15 is 0 Å². The molecule has 0 unspecified atom stereocenters. The SMILES string of the molecule is CCOc1c(Cl)cc(/C=N\Nc2nc(CC(=O)OC)cs2)cc1Cl. The van der Waals surface area contributed by atoms with Crippen LogP contribution >= 0.6 is 34.5 Å². The standard InChI is InChI=1S/C15H15Cl2N3O3S/c1-3-23-14-11(16)4-9(5-12(14)17)7-18-20-15-19-10(8-24-15)6-13(21)22-2/h4-5,7-8H,3,6H2,1-2H3,(H,19,20)/b18-7-. The van der Waals surface area contributed by atoms with E-state index in [1.54, 1.807) is 23.7 Å². The van der Waals surface area contributed by atoms with E-state index in [1.807, 2.05) is 6.92 Å². The highest BCUT2D eigenvalue weighted by Crippen LogP contribution is 2.33. The molecule has 0 aliphatic carbocycles. The first-order valence-electron chi connectivity index (χ1n) is 6.95. The van der Waals surface area contributed by atoms with Crippen LogP contribution in [0.15, 0.2) is 22.6 Å². The molecule has 2 rings (SSSR count). The second-order valence-corrected chi connectivity index (χ2v) is 6.19. The monoisotopic (exact) mass is 387 g/mol. The summed E-state index contributed by atoms with van der Waals surface area (Å²) in [5.74, 6) is 0.118. The van der Waals surface area contributed by atoms with E-state index in [9.17, 15) is 4.79 Å². The lowest BCUT2D eigenvalue weighted by atomic mass is 10.2. The number of aromatic nitrogens is 1. The van der Waals surface area contributed by atoms with Gasteiger partial charge in [-0.1, -0.05) is 23.2 Å².